The Balaban J connectivity index is 0.0000000830. The first-order valence-corrected chi connectivity index (χ1v) is 34.0. The summed E-state index contributed by atoms with van der Waals surface area (Å²) in [5.41, 5.74) is 24.0. The Morgan fingerprint density at radius 2 is 0.883 bits per heavy atom. The molecular weight excluding hydrogens is 1320 g/mol. The van der Waals surface area contributed by atoms with Crippen LogP contribution >= 0.6 is 11.3 Å². The summed E-state index contributed by atoms with van der Waals surface area (Å²) in [6.07, 6.45) is 38.1. The lowest BCUT2D eigenvalue weighted by Crippen LogP contribution is -2.32. The first-order valence-electron chi connectivity index (χ1n) is 34.7. The highest BCUT2D eigenvalue weighted by Gasteiger charge is 2.41. The molecule has 5 aliphatic heterocycles. The summed E-state index contributed by atoms with van der Waals surface area (Å²) in [6.45, 7) is 1.70. The Bertz CT molecular complexity index is 7100. The van der Waals surface area contributed by atoms with E-state index >= 15 is 0 Å². The highest BCUT2D eigenvalue weighted by molar-refractivity contribution is 7.25. The maximum atomic E-state index is 7.89. The maximum Gasteiger partial charge on any atom is 0.422 e. The maximum absolute atomic E-state index is 7.89. The minimum atomic E-state index is -2.26. The number of thiophene rings is 1. The summed E-state index contributed by atoms with van der Waals surface area (Å²) >= 11 is 1.73. The van der Waals surface area contributed by atoms with E-state index in [2.05, 4.69) is 109 Å². The Morgan fingerprint density at radius 3 is 1.55 bits per heavy atom. The molecule has 24 nitrogen and oxygen atoms in total. The first kappa shape index (κ1) is 54.1. The molecule has 0 bridgehead atoms. The topological polar surface area (TPSA) is 233 Å². The van der Waals surface area contributed by atoms with Crippen molar-refractivity contribution in [2.45, 2.75) is 32.7 Å². The van der Waals surface area contributed by atoms with Gasteiger partial charge in [0, 0.05) is 143 Å². The van der Waals surface area contributed by atoms with Gasteiger partial charge in [-0.05, 0) is 72.8 Å². The lowest BCUT2D eigenvalue weighted by molar-refractivity contribution is -0.670. The molecule has 0 amide bonds. The molecule has 103 heavy (non-hydrogen) atoms. The third kappa shape index (κ3) is 8.35. The van der Waals surface area contributed by atoms with Gasteiger partial charge in [0.25, 0.3) is 23.2 Å². The highest BCUT2D eigenvalue weighted by Crippen LogP contribution is 2.42. The molecule has 25 heteroatoms. The Kier molecular flexibility index (Phi) is 11.5. The van der Waals surface area contributed by atoms with E-state index in [1.807, 2.05) is 156 Å². The average Bonchev–Trinajstić information content (AvgIpc) is 1.56. The van der Waals surface area contributed by atoms with Gasteiger partial charge in [0.15, 0.2) is 41.4 Å². The number of imidazole rings is 2. The van der Waals surface area contributed by atoms with Crippen molar-refractivity contribution in [3.63, 3.8) is 0 Å². The first-order chi connectivity index (χ1) is 52.1. The molecule has 0 unspecified atom stereocenters. The molecule has 490 valence electrons. The summed E-state index contributed by atoms with van der Waals surface area (Å²) < 4.78 is 73.8. The minimum Gasteiger partial charge on any atom is -0.413 e. The quantitative estimate of drug-likeness (QED) is 0.139. The van der Waals surface area contributed by atoms with E-state index in [0.717, 1.165) is 179 Å². The summed E-state index contributed by atoms with van der Waals surface area (Å²) in [7, 11) is 2.05. The molecule has 0 radical (unpaired) electrons. The van der Waals surface area contributed by atoms with Gasteiger partial charge in [0.2, 0.25) is 22.4 Å². The van der Waals surface area contributed by atoms with Crippen molar-refractivity contribution in [2.75, 3.05) is 0 Å². The molecule has 21 aromatic rings. The normalized spacial score (nSPS) is 13.5. The zero-order valence-electron chi connectivity index (χ0n) is 57.3. The number of rotatable bonds is 1. The number of hydrogen-bond acceptors (Lipinski definition) is 16. The standard InChI is InChI=1S/C20H13N4O.C15H12N5.C15H11N4O.C14H8N3O2.C14H8N3OS/c1-2-4-14(5-3-1)24-17-11-22-9-7-15(17)18-19(24)23-12-13-6-8-21-10-16(13)20(23)25-18;1-18-12-3-5-17-7-13(12)20-14(18)9-19-8-10-2-4-16-6-11(10)15(19)20;1-18-12-7-17-5-3-10(12)13-14(18)19-8-9-2-4-16-6-11(9)15(19)20-13;1-3-15-5-10-8(1)7-17-13(10)19-12-9-2-4-16-6-11(9)18-14(12)17;1-3-15-5-10-8(1)7-17-13(10)18-12-9-2-4-16-6-11(9)19-14(12)17/h1-11H,12H2;2-7,9H,8H2,1H3;2-7H,8H2,1H3;2*1-6H,7H2/q5*+1/i;1D3;;;. The van der Waals surface area contributed by atoms with Crippen LogP contribution in [0.25, 0.3) is 167 Å². The molecule has 0 aliphatic carbocycles. The largest absolute Gasteiger partial charge is 0.422 e. The predicted octanol–water partition coefficient (Wildman–Crippen LogP) is 12.1. The fourth-order valence-electron chi connectivity index (χ4n) is 15.5. The summed E-state index contributed by atoms with van der Waals surface area (Å²) in [5, 5.41) is 4.27. The van der Waals surface area contributed by atoms with Crippen molar-refractivity contribution in [1.29, 1.82) is 0 Å². The van der Waals surface area contributed by atoms with Crippen molar-refractivity contribution in [3.8, 4) is 62.9 Å². The number of aryl methyl sites for hydroxylation is 2. The number of fused-ring (bicyclic) bond motifs is 35. The van der Waals surface area contributed by atoms with Gasteiger partial charge in [0.05, 0.1) is 74.9 Å². The number of oxazole rings is 4. The van der Waals surface area contributed by atoms with Crippen LogP contribution in [0.1, 0.15) is 31.9 Å². The number of hydrogen-bond donors (Lipinski definition) is 0. The molecule has 26 rings (SSSR count). The summed E-state index contributed by atoms with van der Waals surface area (Å²) in [5.74, 6) is 4.45. The number of furan rings is 1. The Labute approximate surface area is 587 Å². The fraction of sp³-hybridized carbons (Fsp3) is 0.0897. The van der Waals surface area contributed by atoms with Gasteiger partial charge in [0.1, 0.15) is 36.4 Å². The molecule has 25 heterocycles. The van der Waals surface area contributed by atoms with Crippen molar-refractivity contribution in [1.82, 2.24) is 67.9 Å². The van der Waals surface area contributed by atoms with E-state index in [1.54, 1.807) is 60.8 Å². The van der Waals surface area contributed by atoms with Gasteiger partial charge in [-0.25, -0.2) is 9.13 Å². The van der Waals surface area contributed by atoms with E-state index in [-0.39, 0.29) is 0 Å². The van der Waals surface area contributed by atoms with Crippen LogP contribution in [0, 0.1) is 0 Å². The second-order valence-corrected chi connectivity index (χ2v) is 26.7. The molecule has 0 saturated carbocycles. The Morgan fingerprint density at radius 1 is 0.398 bits per heavy atom. The van der Waals surface area contributed by atoms with Gasteiger partial charge in [-0.3, -0.25) is 49.8 Å². The smallest absolute Gasteiger partial charge is 0.413 e. The van der Waals surface area contributed by atoms with Crippen LogP contribution in [0.3, 0.4) is 0 Å². The van der Waals surface area contributed by atoms with E-state index in [1.165, 1.54) is 41.9 Å². The van der Waals surface area contributed by atoms with Crippen LogP contribution < -0.4 is 22.8 Å². The molecular formula is C78H52N19O5S+5. The van der Waals surface area contributed by atoms with Crippen LogP contribution in [-0.2, 0) is 46.7 Å². The fourth-order valence-corrected chi connectivity index (χ4v) is 16.5. The van der Waals surface area contributed by atoms with Gasteiger partial charge in [-0.15, -0.1) is 9.13 Å². The SMILES string of the molecule is Cn1c2cnccc2c2oc3[n+](c21)Cc1ccncc1-3.[2H]C([2H])([2H])n1c2ccncc2n2c3[n+](cc12)Cc1ccncc1-3.c1cc2c(cn1)-c1oc3c4ccncc4oc3[n+]1C2.c1cc2c(cn1)-c1oc3c4ccncc4sc3[n+]1C2.c1ccc(-n2c3cnccc3c3oc4[n+](c32)Cc2ccncc2-4)cc1. The van der Waals surface area contributed by atoms with Gasteiger partial charge in [-0.2, -0.15) is 18.1 Å². The predicted molar refractivity (Wildman–Crippen MR) is 379 cm³/mol. The van der Waals surface area contributed by atoms with Gasteiger partial charge in [-0.1, -0.05) is 29.5 Å². The van der Waals surface area contributed by atoms with E-state index in [9.17, 15) is 0 Å². The second kappa shape index (κ2) is 21.8. The van der Waals surface area contributed by atoms with Crippen LogP contribution in [0.2, 0.25) is 0 Å². The molecule has 20 aromatic heterocycles. The lowest BCUT2D eigenvalue weighted by Gasteiger charge is -1.99. The number of pyridine rings is 10. The van der Waals surface area contributed by atoms with E-state index in [0.29, 0.717) is 11.2 Å². The molecule has 5 aliphatic rings. The average molecular weight is 1370 g/mol. The monoisotopic (exact) mass is 1370 g/mol. The van der Waals surface area contributed by atoms with Crippen molar-refractivity contribution in [3.05, 3.63) is 249 Å². The van der Waals surface area contributed by atoms with Crippen molar-refractivity contribution >= 4 is 115 Å². The summed E-state index contributed by atoms with van der Waals surface area (Å²) in [4.78, 5) is 43.1. The minimum absolute atomic E-state index is 0.637. The zero-order valence-corrected chi connectivity index (χ0v) is 55.1. The van der Waals surface area contributed by atoms with Crippen LogP contribution in [0.5, 0.6) is 0 Å². The molecule has 0 atom stereocenters. The molecule has 1 aromatic carbocycles. The molecule has 0 spiro atoms. The molecule has 0 N–H and O–H groups in total. The van der Waals surface area contributed by atoms with Crippen LogP contribution in [-0.4, -0.2) is 67.9 Å². The number of nitrogens with zero attached hydrogens (tertiary/aromatic N) is 19. The second-order valence-electron chi connectivity index (χ2n) is 25.6. The number of aromatic nitrogens is 19. The summed E-state index contributed by atoms with van der Waals surface area (Å²) in [6, 6.07) is 30.2. The van der Waals surface area contributed by atoms with E-state index in [4.69, 9.17) is 26.2 Å². The van der Waals surface area contributed by atoms with Gasteiger partial charge < -0.3 is 26.7 Å². The van der Waals surface area contributed by atoms with Crippen molar-refractivity contribution in [2.24, 2.45) is 14.0 Å². The third-order valence-corrected chi connectivity index (χ3v) is 21.3. The van der Waals surface area contributed by atoms with Crippen LogP contribution in [0.15, 0.2) is 243 Å². The highest BCUT2D eigenvalue weighted by atomic mass is 32.1. The van der Waals surface area contributed by atoms with Gasteiger partial charge >= 0.3 is 33.6 Å². The number of para-hydroxylation sites is 1. The van der Waals surface area contributed by atoms with E-state index < -0.39 is 6.98 Å². The zero-order chi connectivity index (χ0) is 70.2. The molecule has 0 saturated heterocycles. The number of benzene rings is 1. The van der Waals surface area contributed by atoms with Crippen LogP contribution in [0.4, 0.5) is 0 Å². The molecule has 0 fully saturated rings. The third-order valence-electron chi connectivity index (χ3n) is 20.1. The lowest BCUT2D eigenvalue weighted by atomic mass is 10.2. The Hall–Kier alpha value is -13.8. The van der Waals surface area contributed by atoms with Crippen molar-refractivity contribution < 1.29 is 49.0 Å².